The number of nitrogens with one attached hydrogen (secondary N) is 1. The molecule has 1 saturated heterocycles. The molecule has 0 unspecified atom stereocenters. The highest BCUT2D eigenvalue weighted by Crippen LogP contribution is 2.28. The minimum atomic E-state index is -2.79. The summed E-state index contributed by atoms with van der Waals surface area (Å²) in [6.07, 6.45) is 2.66. The SMILES string of the molecule is C=CC[C@@H](c1cccc(OC(F)F)c1)N1CCNCC1.Cl.Cl. The Morgan fingerprint density at radius 1 is 1.27 bits per heavy atom. The number of nitrogens with zero attached hydrogens (tertiary/aromatic N) is 1. The third-order valence-corrected chi connectivity index (χ3v) is 3.45. The third kappa shape index (κ3) is 6.08. The Morgan fingerprint density at radius 2 is 1.95 bits per heavy atom. The summed E-state index contributed by atoms with van der Waals surface area (Å²) in [5.41, 5.74) is 0.991. The summed E-state index contributed by atoms with van der Waals surface area (Å²) < 4.78 is 29.1. The van der Waals surface area contributed by atoms with Gasteiger partial charge in [-0.25, -0.2) is 0 Å². The van der Waals surface area contributed by atoms with E-state index in [4.69, 9.17) is 0 Å². The quantitative estimate of drug-likeness (QED) is 0.789. The Balaban J connectivity index is 0.00000220. The van der Waals surface area contributed by atoms with Crippen molar-refractivity contribution in [1.82, 2.24) is 10.2 Å². The van der Waals surface area contributed by atoms with Crippen molar-refractivity contribution in [3.8, 4) is 5.75 Å². The van der Waals surface area contributed by atoms with Crippen LogP contribution in [0.5, 0.6) is 5.75 Å². The van der Waals surface area contributed by atoms with E-state index in [0.717, 1.165) is 38.2 Å². The fourth-order valence-electron chi connectivity index (χ4n) is 2.55. The summed E-state index contributed by atoms with van der Waals surface area (Å²) >= 11 is 0. The lowest BCUT2D eigenvalue weighted by atomic mass is 10.0. The van der Waals surface area contributed by atoms with Crippen LogP contribution in [0.2, 0.25) is 0 Å². The van der Waals surface area contributed by atoms with Gasteiger partial charge in [0, 0.05) is 32.2 Å². The molecule has 1 aromatic carbocycles. The highest BCUT2D eigenvalue weighted by atomic mass is 35.5. The summed E-state index contributed by atoms with van der Waals surface area (Å²) in [5.74, 6) is 0.210. The molecular weight excluding hydrogens is 333 g/mol. The van der Waals surface area contributed by atoms with Crippen molar-refractivity contribution in [3.63, 3.8) is 0 Å². The summed E-state index contributed by atoms with van der Waals surface area (Å²) in [6, 6.07) is 7.12. The molecule has 7 heteroatoms. The number of hydrogen-bond donors (Lipinski definition) is 1. The molecule has 1 aromatic rings. The van der Waals surface area contributed by atoms with Gasteiger partial charge in [-0.15, -0.1) is 31.4 Å². The number of benzene rings is 1. The number of alkyl halides is 2. The number of hydrogen-bond acceptors (Lipinski definition) is 3. The second-order valence-corrected chi connectivity index (χ2v) is 4.78. The van der Waals surface area contributed by atoms with Crippen LogP contribution < -0.4 is 10.1 Å². The predicted octanol–water partition coefficient (Wildman–Crippen LogP) is 3.65. The van der Waals surface area contributed by atoms with Gasteiger partial charge in [0.2, 0.25) is 0 Å². The van der Waals surface area contributed by atoms with Crippen LogP contribution in [0.15, 0.2) is 36.9 Å². The molecule has 3 nitrogen and oxygen atoms in total. The van der Waals surface area contributed by atoms with Gasteiger partial charge in [-0.3, -0.25) is 4.90 Å². The van der Waals surface area contributed by atoms with Gasteiger partial charge in [0.1, 0.15) is 5.75 Å². The molecule has 22 heavy (non-hydrogen) atoms. The normalized spacial score (nSPS) is 16.3. The Bertz CT molecular complexity index is 443. The second-order valence-electron chi connectivity index (χ2n) is 4.78. The molecule has 0 saturated carbocycles. The van der Waals surface area contributed by atoms with Crippen LogP contribution >= 0.6 is 24.8 Å². The first-order valence-corrected chi connectivity index (χ1v) is 6.81. The first-order valence-electron chi connectivity index (χ1n) is 6.81. The highest BCUT2D eigenvalue weighted by Gasteiger charge is 2.21. The van der Waals surface area contributed by atoms with E-state index in [1.165, 1.54) is 0 Å². The molecule has 1 atom stereocenters. The Labute approximate surface area is 142 Å². The van der Waals surface area contributed by atoms with Gasteiger partial charge in [-0.1, -0.05) is 18.2 Å². The van der Waals surface area contributed by atoms with E-state index < -0.39 is 6.61 Å². The van der Waals surface area contributed by atoms with Crippen molar-refractivity contribution in [3.05, 3.63) is 42.5 Å². The molecule has 0 amide bonds. The average Bonchev–Trinajstić information content (AvgIpc) is 2.45. The van der Waals surface area contributed by atoms with Crippen LogP contribution in [0.3, 0.4) is 0 Å². The predicted molar refractivity (Wildman–Crippen MR) is 89.6 cm³/mol. The van der Waals surface area contributed by atoms with Crippen LogP contribution in [-0.2, 0) is 0 Å². The van der Waals surface area contributed by atoms with Crippen LogP contribution in [0.25, 0.3) is 0 Å². The monoisotopic (exact) mass is 354 g/mol. The van der Waals surface area contributed by atoms with Gasteiger partial charge >= 0.3 is 6.61 Å². The molecular formula is C15H22Cl2F2N2O. The van der Waals surface area contributed by atoms with Crippen molar-refractivity contribution in [1.29, 1.82) is 0 Å². The molecule has 0 radical (unpaired) electrons. The summed E-state index contributed by atoms with van der Waals surface area (Å²) in [6.45, 7) is 4.78. The van der Waals surface area contributed by atoms with E-state index in [1.807, 2.05) is 12.1 Å². The van der Waals surface area contributed by atoms with Crippen molar-refractivity contribution in [2.24, 2.45) is 0 Å². The number of rotatable bonds is 6. The van der Waals surface area contributed by atoms with Crippen LogP contribution in [0, 0.1) is 0 Å². The molecule has 1 N–H and O–H groups in total. The topological polar surface area (TPSA) is 24.5 Å². The molecule has 1 aliphatic heterocycles. The maximum absolute atomic E-state index is 12.3. The second kappa shape index (κ2) is 10.8. The van der Waals surface area contributed by atoms with Gasteiger partial charge in [-0.05, 0) is 24.1 Å². The number of ether oxygens (including phenoxy) is 1. The lowest BCUT2D eigenvalue weighted by molar-refractivity contribution is -0.0499. The third-order valence-electron chi connectivity index (χ3n) is 3.45. The minimum Gasteiger partial charge on any atom is -0.435 e. The van der Waals surface area contributed by atoms with Crippen molar-refractivity contribution in [2.75, 3.05) is 26.2 Å². The summed E-state index contributed by atoms with van der Waals surface area (Å²) in [7, 11) is 0. The van der Waals surface area contributed by atoms with E-state index in [2.05, 4.69) is 21.5 Å². The van der Waals surface area contributed by atoms with Crippen LogP contribution in [0.4, 0.5) is 8.78 Å². The molecule has 0 bridgehead atoms. The van der Waals surface area contributed by atoms with Crippen molar-refractivity contribution in [2.45, 2.75) is 19.1 Å². The van der Waals surface area contributed by atoms with E-state index in [0.29, 0.717) is 0 Å². The van der Waals surface area contributed by atoms with Gasteiger partial charge in [0.05, 0.1) is 0 Å². The lowest BCUT2D eigenvalue weighted by Crippen LogP contribution is -2.45. The maximum Gasteiger partial charge on any atom is 0.387 e. The van der Waals surface area contributed by atoms with Crippen molar-refractivity contribution < 1.29 is 13.5 Å². The number of halogens is 4. The molecule has 0 spiro atoms. The lowest BCUT2D eigenvalue weighted by Gasteiger charge is -2.35. The largest absolute Gasteiger partial charge is 0.435 e. The molecule has 1 fully saturated rings. The molecule has 126 valence electrons. The molecule has 0 aliphatic carbocycles. The average molecular weight is 355 g/mol. The first kappa shape index (κ1) is 21.1. The number of piperazine rings is 1. The summed E-state index contributed by atoms with van der Waals surface area (Å²) in [5, 5.41) is 3.31. The minimum absolute atomic E-state index is 0. The van der Waals surface area contributed by atoms with Gasteiger partial charge in [-0.2, -0.15) is 8.78 Å². The van der Waals surface area contributed by atoms with Crippen molar-refractivity contribution >= 4 is 24.8 Å². The van der Waals surface area contributed by atoms with Crippen LogP contribution in [-0.4, -0.2) is 37.7 Å². The first-order chi connectivity index (χ1) is 9.70. The maximum atomic E-state index is 12.3. The highest BCUT2D eigenvalue weighted by molar-refractivity contribution is 5.85. The summed E-state index contributed by atoms with van der Waals surface area (Å²) in [4.78, 5) is 2.35. The van der Waals surface area contributed by atoms with E-state index in [1.54, 1.807) is 18.2 Å². The smallest absolute Gasteiger partial charge is 0.387 e. The zero-order valence-corrected chi connectivity index (χ0v) is 13.8. The van der Waals surface area contributed by atoms with Crippen LogP contribution in [0.1, 0.15) is 18.0 Å². The van der Waals surface area contributed by atoms with E-state index >= 15 is 0 Å². The fourth-order valence-corrected chi connectivity index (χ4v) is 2.55. The van der Waals surface area contributed by atoms with E-state index in [-0.39, 0.29) is 36.6 Å². The fraction of sp³-hybridized carbons (Fsp3) is 0.467. The van der Waals surface area contributed by atoms with E-state index in [9.17, 15) is 8.78 Å². The Kier molecular flexibility index (Phi) is 10.3. The Hall–Kier alpha value is -0.880. The van der Waals surface area contributed by atoms with Gasteiger partial charge in [0.25, 0.3) is 0 Å². The molecule has 1 aliphatic rings. The van der Waals surface area contributed by atoms with Gasteiger partial charge in [0.15, 0.2) is 0 Å². The Morgan fingerprint density at radius 3 is 2.55 bits per heavy atom. The molecule has 2 rings (SSSR count). The standard InChI is InChI=1S/C15H20F2N2O.2ClH/c1-2-4-14(19-9-7-18-8-10-19)12-5-3-6-13(11-12)20-15(16)17;;/h2-3,5-6,11,14-15,18H,1,4,7-10H2;2*1H/t14-;;/m0../s1. The molecule has 1 heterocycles. The zero-order chi connectivity index (χ0) is 14.4. The van der Waals surface area contributed by atoms with Gasteiger partial charge < -0.3 is 10.1 Å². The zero-order valence-electron chi connectivity index (χ0n) is 12.2. The molecule has 0 aromatic heterocycles.